The van der Waals surface area contributed by atoms with Crippen molar-refractivity contribution in [2.75, 3.05) is 40.4 Å². The number of hydrogen-bond donors (Lipinski definition) is 0. The van der Waals surface area contributed by atoms with Gasteiger partial charge in [-0.1, -0.05) is 0 Å². The van der Waals surface area contributed by atoms with Crippen molar-refractivity contribution in [1.29, 1.82) is 0 Å². The Balaban J connectivity index is 1.44. The third-order valence-electron chi connectivity index (χ3n) is 4.25. The molecule has 3 rings (SSSR count). The number of ether oxygens (including phenoxy) is 2. The Morgan fingerprint density at radius 2 is 2.41 bits per heavy atom. The number of amides is 1. The molecule has 1 atom stereocenters. The fourth-order valence-corrected chi connectivity index (χ4v) is 3.72. The highest BCUT2D eigenvalue weighted by atomic mass is 32.1. The smallest absolute Gasteiger partial charge is 0.248 e. The molecular formula is C15H23N3O3S. The number of likely N-dealkylation sites (tertiary alicyclic amines) is 1. The van der Waals surface area contributed by atoms with E-state index in [9.17, 15) is 4.79 Å². The van der Waals surface area contributed by atoms with Crippen LogP contribution in [0.1, 0.15) is 17.8 Å². The molecule has 0 radical (unpaired) electrons. The van der Waals surface area contributed by atoms with Crippen LogP contribution in [0.5, 0.6) is 0 Å². The number of rotatable bonds is 5. The van der Waals surface area contributed by atoms with E-state index in [4.69, 9.17) is 9.47 Å². The van der Waals surface area contributed by atoms with Crippen LogP contribution in [0.25, 0.3) is 0 Å². The minimum atomic E-state index is -0.0820. The molecule has 1 amide bonds. The second-order valence-corrected chi connectivity index (χ2v) is 7.30. The normalized spacial score (nSPS) is 24.2. The van der Waals surface area contributed by atoms with Crippen LogP contribution in [-0.4, -0.2) is 72.8 Å². The summed E-state index contributed by atoms with van der Waals surface area (Å²) in [4.78, 5) is 19.9. The summed E-state index contributed by atoms with van der Waals surface area (Å²) >= 11 is 1.69. The Morgan fingerprint density at radius 1 is 1.59 bits per heavy atom. The second kappa shape index (κ2) is 6.62. The minimum Gasteiger partial charge on any atom is -0.372 e. The van der Waals surface area contributed by atoms with Gasteiger partial charge in [0.25, 0.3) is 0 Å². The molecule has 0 aliphatic carbocycles. The lowest BCUT2D eigenvalue weighted by molar-refractivity contribution is -0.200. The molecule has 6 nitrogen and oxygen atoms in total. The standard InChI is InChI=1S/C15H23N3O3S/c1-17(2)14(19)9-20-12-3-5-21-15(7-12)10-18(11-15)8-13-16-4-6-22-13/h4,6,12H,3,5,7-11H2,1-2H3. The van der Waals surface area contributed by atoms with Crippen molar-refractivity contribution in [1.82, 2.24) is 14.8 Å². The fourth-order valence-electron chi connectivity index (χ4n) is 3.07. The summed E-state index contributed by atoms with van der Waals surface area (Å²) in [6.45, 7) is 3.62. The zero-order chi connectivity index (χ0) is 15.6. The highest BCUT2D eigenvalue weighted by Crippen LogP contribution is 2.36. The molecule has 1 aromatic rings. The lowest BCUT2D eigenvalue weighted by Gasteiger charge is -2.53. The van der Waals surface area contributed by atoms with Gasteiger partial charge >= 0.3 is 0 Å². The van der Waals surface area contributed by atoms with E-state index in [2.05, 4.69) is 9.88 Å². The minimum absolute atomic E-state index is 0.0135. The van der Waals surface area contributed by atoms with Crippen molar-refractivity contribution in [3.8, 4) is 0 Å². The summed E-state index contributed by atoms with van der Waals surface area (Å²) in [6.07, 6.45) is 3.72. The maximum Gasteiger partial charge on any atom is 0.248 e. The van der Waals surface area contributed by atoms with E-state index in [0.29, 0.717) is 6.61 Å². The van der Waals surface area contributed by atoms with Gasteiger partial charge in [0.1, 0.15) is 11.6 Å². The predicted octanol–water partition coefficient (Wildman–Crippen LogP) is 0.981. The van der Waals surface area contributed by atoms with Crippen LogP contribution in [0, 0.1) is 0 Å². The third-order valence-corrected chi connectivity index (χ3v) is 5.02. The van der Waals surface area contributed by atoms with Crippen LogP contribution in [0.4, 0.5) is 0 Å². The van der Waals surface area contributed by atoms with Crippen LogP contribution in [0.2, 0.25) is 0 Å². The zero-order valence-corrected chi connectivity index (χ0v) is 14.0. The van der Waals surface area contributed by atoms with Crippen molar-refractivity contribution < 1.29 is 14.3 Å². The number of aromatic nitrogens is 1. The topological polar surface area (TPSA) is 54.9 Å². The first-order valence-corrected chi connectivity index (χ1v) is 8.51. The lowest BCUT2D eigenvalue weighted by atomic mass is 9.85. The second-order valence-electron chi connectivity index (χ2n) is 6.32. The summed E-state index contributed by atoms with van der Waals surface area (Å²) in [5.41, 5.74) is -0.0820. The molecule has 22 heavy (non-hydrogen) atoms. The third kappa shape index (κ3) is 3.65. The molecule has 0 bridgehead atoms. The maximum atomic E-state index is 11.6. The number of carbonyl (C=O) groups excluding carboxylic acids is 1. The molecule has 122 valence electrons. The van der Waals surface area contributed by atoms with Crippen LogP contribution in [-0.2, 0) is 20.8 Å². The molecule has 2 saturated heterocycles. The lowest BCUT2D eigenvalue weighted by Crippen LogP contribution is -2.65. The van der Waals surface area contributed by atoms with Crippen molar-refractivity contribution in [2.45, 2.75) is 31.1 Å². The van der Waals surface area contributed by atoms with Crippen LogP contribution in [0.15, 0.2) is 11.6 Å². The number of thiazole rings is 1. The van der Waals surface area contributed by atoms with Crippen molar-refractivity contribution in [2.24, 2.45) is 0 Å². The molecule has 0 saturated carbocycles. The van der Waals surface area contributed by atoms with Crippen LogP contribution < -0.4 is 0 Å². The van der Waals surface area contributed by atoms with Gasteiger partial charge in [-0.2, -0.15) is 0 Å². The highest BCUT2D eigenvalue weighted by Gasteiger charge is 2.47. The van der Waals surface area contributed by atoms with Gasteiger partial charge in [-0.05, 0) is 6.42 Å². The Kier molecular flexibility index (Phi) is 4.77. The van der Waals surface area contributed by atoms with Gasteiger partial charge in [0.2, 0.25) is 5.91 Å². The SMILES string of the molecule is CN(C)C(=O)COC1CCOC2(C1)CN(Cc1nccs1)C2. The monoisotopic (exact) mass is 325 g/mol. The van der Waals surface area contributed by atoms with Gasteiger partial charge in [0, 0.05) is 51.8 Å². The molecule has 1 spiro atoms. The van der Waals surface area contributed by atoms with E-state index in [1.54, 1.807) is 30.3 Å². The molecule has 2 aliphatic heterocycles. The van der Waals surface area contributed by atoms with Crippen molar-refractivity contribution in [3.63, 3.8) is 0 Å². The first-order valence-electron chi connectivity index (χ1n) is 7.63. The molecule has 7 heteroatoms. The average molecular weight is 325 g/mol. The van der Waals surface area contributed by atoms with Crippen molar-refractivity contribution >= 4 is 17.2 Å². The maximum absolute atomic E-state index is 11.6. The highest BCUT2D eigenvalue weighted by molar-refractivity contribution is 7.09. The largest absolute Gasteiger partial charge is 0.372 e. The van der Waals surface area contributed by atoms with Gasteiger partial charge < -0.3 is 14.4 Å². The summed E-state index contributed by atoms with van der Waals surface area (Å²) in [7, 11) is 3.50. The van der Waals surface area contributed by atoms with E-state index in [1.165, 1.54) is 0 Å². The molecule has 0 aromatic carbocycles. The molecule has 3 heterocycles. The number of hydrogen-bond acceptors (Lipinski definition) is 6. The van der Waals surface area contributed by atoms with Gasteiger partial charge in [-0.3, -0.25) is 9.69 Å². The summed E-state index contributed by atoms with van der Waals surface area (Å²) < 4.78 is 11.8. The summed E-state index contributed by atoms with van der Waals surface area (Å²) in [6, 6.07) is 0. The van der Waals surface area contributed by atoms with E-state index < -0.39 is 0 Å². The molecule has 1 aromatic heterocycles. The number of carbonyl (C=O) groups is 1. The first-order chi connectivity index (χ1) is 10.6. The quantitative estimate of drug-likeness (QED) is 0.808. The van der Waals surface area contributed by atoms with E-state index in [-0.39, 0.29) is 24.2 Å². The molecule has 0 N–H and O–H groups in total. The summed E-state index contributed by atoms with van der Waals surface area (Å²) in [5.74, 6) is 0.0135. The Labute approximate surface area is 135 Å². The van der Waals surface area contributed by atoms with Gasteiger partial charge in [0.05, 0.1) is 18.2 Å². The zero-order valence-electron chi connectivity index (χ0n) is 13.2. The van der Waals surface area contributed by atoms with E-state index in [1.807, 2.05) is 11.6 Å². The Bertz CT molecular complexity index is 500. The van der Waals surface area contributed by atoms with E-state index in [0.717, 1.165) is 37.5 Å². The van der Waals surface area contributed by atoms with Gasteiger partial charge in [-0.25, -0.2) is 4.98 Å². The first kappa shape index (κ1) is 15.9. The predicted molar refractivity (Wildman–Crippen MR) is 83.7 cm³/mol. The van der Waals surface area contributed by atoms with Crippen molar-refractivity contribution in [3.05, 3.63) is 16.6 Å². The molecule has 1 unspecified atom stereocenters. The van der Waals surface area contributed by atoms with E-state index >= 15 is 0 Å². The molecule has 2 aliphatic rings. The van der Waals surface area contributed by atoms with Crippen LogP contribution in [0.3, 0.4) is 0 Å². The summed E-state index contributed by atoms with van der Waals surface area (Å²) in [5, 5.41) is 3.16. The van der Waals surface area contributed by atoms with Gasteiger partial charge in [-0.15, -0.1) is 11.3 Å². The number of likely N-dealkylation sites (N-methyl/N-ethyl adjacent to an activating group) is 1. The van der Waals surface area contributed by atoms with Crippen LogP contribution >= 0.6 is 11.3 Å². The Hall–Kier alpha value is -1.02. The van der Waals surface area contributed by atoms with Gasteiger partial charge in [0.15, 0.2) is 0 Å². The molecule has 2 fully saturated rings. The number of nitrogens with zero attached hydrogens (tertiary/aromatic N) is 3. The molecular weight excluding hydrogens is 302 g/mol. The fraction of sp³-hybridized carbons (Fsp3) is 0.733. The Morgan fingerprint density at radius 3 is 3.09 bits per heavy atom. The average Bonchev–Trinajstić information content (AvgIpc) is 2.96.